The number of nitrogens with one attached hydrogen (secondary N) is 1. The van der Waals surface area contributed by atoms with Crippen molar-refractivity contribution in [2.75, 3.05) is 0 Å². The lowest BCUT2D eigenvalue weighted by Crippen LogP contribution is -2.47. The fraction of sp³-hybridized carbons (Fsp3) is 0.393. The third-order valence-electron chi connectivity index (χ3n) is 6.85. The van der Waals surface area contributed by atoms with E-state index >= 15 is 0 Å². The van der Waals surface area contributed by atoms with E-state index in [1.807, 2.05) is 25.1 Å². The monoisotopic (exact) mass is 550 g/mol. The van der Waals surface area contributed by atoms with Gasteiger partial charge < -0.3 is 19.1 Å². The summed E-state index contributed by atoms with van der Waals surface area (Å²) in [6.45, 7) is 3.46. The number of halogens is 1. The van der Waals surface area contributed by atoms with Gasteiger partial charge in [0.1, 0.15) is 23.8 Å². The minimum atomic E-state index is -1.01. The molecule has 11 heteroatoms. The Morgan fingerprint density at radius 2 is 1.79 bits per heavy atom. The number of hydrogen-bond donors (Lipinski definition) is 1. The van der Waals surface area contributed by atoms with Gasteiger partial charge in [-0.05, 0) is 67.8 Å². The van der Waals surface area contributed by atoms with Crippen molar-refractivity contribution in [2.24, 2.45) is 0 Å². The molecule has 1 aromatic carbocycles. The Hall–Kier alpha value is -3.92. The summed E-state index contributed by atoms with van der Waals surface area (Å²) in [4.78, 5) is 30.4. The summed E-state index contributed by atoms with van der Waals surface area (Å²) in [6.07, 6.45) is 5.10. The number of rotatable bonds is 9. The number of hydrogen-bond acceptors (Lipinski definition) is 7. The summed E-state index contributed by atoms with van der Waals surface area (Å²) < 4.78 is 11.5. The molecule has 0 radical (unpaired) electrons. The molecule has 39 heavy (non-hydrogen) atoms. The molecule has 5 rings (SSSR count). The van der Waals surface area contributed by atoms with Crippen LogP contribution in [0.5, 0.6) is 0 Å². The lowest BCUT2D eigenvalue weighted by atomic mass is 9.95. The Morgan fingerprint density at radius 3 is 2.49 bits per heavy atom. The summed E-state index contributed by atoms with van der Waals surface area (Å²) in [5.74, 6) is 1.75. The number of tetrazole rings is 1. The van der Waals surface area contributed by atoms with Crippen molar-refractivity contribution < 1.29 is 18.4 Å². The Morgan fingerprint density at radius 1 is 1.05 bits per heavy atom. The van der Waals surface area contributed by atoms with Crippen molar-refractivity contribution in [3.05, 3.63) is 76.4 Å². The molecule has 1 fully saturated rings. The number of benzene rings is 1. The Labute approximate surface area is 231 Å². The van der Waals surface area contributed by atoms with Gasteiger partial charge in [-0.2, -0.15) is 4.80 Å². The lowest BCUT2D eigenvalue weighted by molar-refractivity contribution is -0.143. The molecule has 1 aliphatic carbocycles. The van der Waals surface area contributed by atoms with Crippen LogP contribution in [-0.4, -0.2) is 43.0 Å². The van der Waals surface area contributed by atoms with Crippen LogP contribution < -0.4 is 5.32 Å². The van der Waals surface area contributed by atoms with Gasteiger partial charge in [0.15, 0.2) is 11.8 Å². The van der Waals surface area contributed by atoms with Gasteiger partial charge >= 0.3 is 0 Å². The van der Waals surface area contributed by atoms with Gasteiger partial charge in [0.25, 0.3) is 5.91 Å². The molecular formula is C28H31ClN6O4. The largest absolute Gasteiger partial charge is 0.464 e. The molecule has 0 saturated heterocycles. The summed E-state index contributed by atoms with van der Waals surface area (Å²) >= 11 is 6.48. The summed E-state index contributed by atoms with van der Waals surface area (Å²) in [5.41, 5.74) is 0.699. The first-order valence-corrected chi connectivity index (χ1v) is 13.5. The Balaban J connectivity index is 1.46. The molecule has 10 nitrogen and oxygen atoms in total. The average molecular weight is 551 g/mol. The molecule has 3 aromatic heterocycles. The maximum absolute atomic E-state index is 13.9. The highest BCUT2D eigenvalue weighted by molar-refractivity contribution is 6.31. The van der Waals surface area contributed by atoms with Crippen molar-refractivity contribution in [1.82, 2.24) is 30.4 Å². The first-order chi connectivity index (χ1) is 18.9. The van der Waals surface area contributed by atoms with Crippen molar-refractivity contribution in [3.63, 3.8) is 0 Å². The Kier molecular flexibility index (Phi) is 8.11. The van der Waals surface area contributed by atoms with E-state index in [-0.39, 0.29) is 30.9 Å². The van der Waals surface area contributed by atoms with Gasteiger partial charge in [-0.3, -0.25) is 9.59 Å². The third-order valence-corrected chi connectivity index (χ3v) is 7.22. The summed E-state index contributed by atoms with van der Waals surface area (Å²) in [7, 11) is 0. The van der Waals surface area contributed by atoms with E-state index < -0.39 is 11.9 Å². The van der Waals surface area contributed by atoms with Crippen LogP contribution in [-0.2, 0) is 22.7 Å². The predicted octanol–water partition coefficient (Wildman–Crippen LogP) is 5.02. The van der Waals surface area contributed by atoms with E-state index in [1.165, 1.54) is 9.70 Å². The number of aryl methyl sites for hydroxylation is 2. The molecule has 1 unspecified atom stereocenters. The topological polar surface area (TPSA) is 119 Å². The number of amides is 2. The second kappa shape index (κ2) is 11.9. The smallest absolute Gasteiger partial charge is 0.250 e. The van der Waals surface area contributed by atoms with Gasteiger partial charge in [0, 0.05) is 17.6 Å². The van der Waals surface area contributed by atoms with Crippen LogP contribution in [0.3, 0.4) is 0 Å². The van der Waals surface area contributed by atoms with Crippen LogP contribution in [0.25, 0.3) is 11.6 Å². The fourth-order valence-electron chi connectivity index (χ4n) is 4.86. The molecule has 0 spiro atoms. The molecular weight excluding hydrogens is 520 g/mol. The summed E-state index contributed by atoms with van der Waals surface area (Å²) in [5, 5.41) is 16.0. The first-order valence-electron chi connectivity index (χ1n) is 13.1. The van der Waals surface area contributed by atoms with Crippen molar-refractivity contribution in [2.45, 2.75) is 71.1 Å². The standard InChI is InChI=1S/C28H31ClN6O4/c1-18-12-14-23(38-18)26(28(37)30-21-9-4-3-5-10-21)34(16-20-8-6-7-11-22(20)29)25(36)17-35-32-27(31-33-35)24-15-13-19(2)39-24/h6-8,11-15,21,26H,3-5,9-10,16-17H2,1-2H3,(H,30,37). The molecule has 0 aliphatic heterocycles. The highest BCUT2D eigenvalue weighted by atomic mass is 35.5. The zero-order valence-corrected chi connectivity index (χ0v) is 22.7. The molecule has 0 bridgehead atoms. The number of carbonyl (C=O) groups excluding carboxylic acids is 2. The second-order valence-corrected chi connectivity index (χ2v) is 10.3. The van der Waals surface area contributed by atoms with Crippen LogP contribution >= 0.6 is 11.6 Å². The maximum atomic E-state index is 13.9. The highest BCUT2D eigenvalue weighted by Gasteiger charge is 2.36. The van der Waals surface area contributed by atoms with Crippen LogP contribution in [0.15, 0.2) is 57.4 Å². The minimum Gasteiger partial charge on any atom is -0.464 e. The van der Waals surface area contributed by atoms with E-state index in [2.05, 4.69) is 20.7 Å². The molecule has 2 amide bonds. The molecule has 4 aromatic rings. The van der Waals surface area contributed by atoms with Crippen LogP contribution in [0, 0.1) is 13.8 Å². The summed E-state index contributed by atoms with van der Waals surface area (Å²) in [6, 6.07) is 13.3. The zero-order valence-electron chi connectivity index (χ0n) is 22.0. The predicted molar refractivity (Wildman–Crippen MR) is 143 cm³/mol. The van der Waals surface area contributed by atoms with Gasteiger partial charge in [-0.25, -0.2) is 0 Å². The minimum absolute atomic E-state index is 0.0540. The normalized spacial score (nSPS) is 14.7. The quantitative estimate of drug-likeness (QED) is 0.311. The average Bonchev–Trinajstić information content (AvgIpc) is 3.67. The first kappa shape index (κ1) is 26.7. The van der Waals surface area contributed by atoms with Crippen molar-refractivity contribution >= 4 is 23.4 Å². The fourth-order valence-corrected chi connectivity index (χ4v) is 5.06. The molecule has 1 saturated carbocycles. The zero-order chi connectivity index (χ0) is 27.4. The van der Waals surface area contributed by atoms with E-state index in [1.54, 1.807) is 37.3 Å². The van der Waals surface area contributed by atoms with Crippen LogP contribution in [0.4, 0.5) is 0 Å². The van der Waals surface area contributed by atoms with Crippen molar-refractivity contribution in [3.8, 4) is 11.6 Å². The van der Waals surface area contributed by atoms with Crippen molar-refractivity contribution in [1.29, 1.82) is 0 Å². The molecule has 3 heterocycles. The molecule has 1 aliphatic rings. The number of carbonyl (C=O) groups is 2. The van der Waals surface area contributed by atoms with E-state index in [0.29, 0.717) is 33.6 Å². The second-order valence-electron chi connectivity index (χ2n) is 9.86. The molecule has 1 atom stereocenters. The van der Waals surface area contributed by atoms with E-state index in [4.69, 9.17) is 20.4 Å². The SMILES string of the molecule is Cc1ccc(-c2nnn(CC(=O)N(Cc3ccccc3Cl)C(C(=O)NC3CCCCC3)c3ccc(C)o3)n2)o1. The number of furan rings is 2. The van der Waals surface area contributed by atoms with E-state index in [9.17, 15) is 9.59 Å². The third kappa shape index (κ3) is 6.39. The maximum Gasteiger partial charge on any atom is 0.250 e. The van der Waals surface area contributed by atoms with Crippen LogP contribution in [0.1, 0.15) is 61.0 Å². The van der Waals surface area contributed by atoms with Gasteiger partial charge in [-0.15, -0.1) is 10.2 Å². The lowest BCUT2D eigenvalue weighted by Gasteiger charge is -2.32. The number of nitrogens with zero attached hydrogens (tertiary/aromatic N) is 5. The number of aromatic nitrogens is 4. The Bertz CT molecular complexity index is 1440. The highest BCUT2D eigenvalue weighted by Crippen LogP contribution is 2.29. The van der Waals surface area contributed by atoms with Gasteiger partial charge in [0.2, 0.25) is 11.7 Å². The molecule has 1 N–H and O–H groups in total. The van der Waals surface area contributed by atoms with Gasteiger partial charge in [-0.1, -0.05) is 49.1 Å². The van der Waals surface area contributed by atoms with Crippen LogP contribution in [0.2, 0.25) is 5.02 Å². The van der Waals surface area contributed by atoms with Gasteiger partial charge in [0.05, 0.1) is 0 Å². The molecule has 204 valence electrons. The van der Waals surface area contributed by atoms with E-state index in [0.717, 1.165) is 32.1 Å².